The summed E-state index contributed by atoms with van der Waals surface area (Å²) >= 11 is 0. The monoisotopic (exact) mass is 288 g/mol. The van der Waals surface area contributed by atoms with Gasteiger partial charge in [-0.05, 0) is 36.0 Å². The van der Waals surface area contributed by atoms with Crippen LogP contribution in [0.3, 0.4) is 0 Å². The minimum Gasteiger partial charge on any atom is -0.312 e. The van der Waals surface area contributed by atoms with Crippen molar-refractivity contribution in [1.29, 1.82) is 0 Å². The second-order valence-electron chi connectivity index (χ2n) is 7.12. The van der Waals surface area contributed by atoms with E-state index in [4.69, 9.17) is 0 Å². The quantitative estimate of drug-likeness (QED) is 0.782. The molecule has 2 bridgehead atoms. The highest BCUT2D eigenvalue weighted by atomic mass is 32.2. The van der Waals surface area contributed by atoms with Gasteiger partial charge in [-0.3, -0.25) is 0 Å². The van der Waals surface area contributed by atoms with Crippen LogP contribution >= 0.6 is 0 Å². The molecular formula is C14H28N2O2S. The molecule has 2 aliphatic rings. The number of nitrogens with one attached hydrogen (secondary N) is 2. The Bertz CT molecular complexity index is 428. The molecule has 2 fully saturated rings. The van der Waals surface area contributed by atoms with Crippen molar-refractivity contribution in [2.45, 2.75) is 53.0 Å². The van der Waals surface area contributed by atoms with E-state index >= 15 is 0 Å². The zero-order chi connectivity index (χ0) is 14.3. The van der Waals surface area contributed by atoms with Crippen LogP contribution in [0.2, 0.25) is 0 Å². The Balaban J connectivity index is 1.93. The fraction of sp³-hybridized carbons (Fsp3) is 1.00. The van der Waals surface area contributed by atoms with Crippen molar-refractivity contribution < 1.29 is 8.42 Å². The van der Waals surface area contributed by atoms with Gasteiger partial charge in [0.2, 0.25) is 10.0 Å². The third-order valence-corrected chi connectivity index (χ3v) is 6.82. The van der Waals surface area contributed by atoms with Crippen molar-refractivity contribution in [3.63, 3.8) is 0 Å². The molecular weight excluding hydrogens is 260 g/mol. The molecule has 0 amide bonds. The second kappa shape index (κ2) is 5.01. The minimum atomic E-state index is -3.11. The van der Waals surface area contributed by atoms with Crippen molar-refractivity contribution in [3.05, 3.63) is 0 Å². The van der Waals surface area contributed by atoms with Crippen LogP contribution in [0.1, 0.15) is 47.0 Å². The summed E-state index contributed by atoms with van der Waals surface area (Å²) in [5.41, 5.74) is 0.644. The normalized spacial score (nSPS) is 36.8. The standard InChI is InChI=1S/C14H28N2O2S/c1-5-16-19(17,18)9-8-15-12-13(2,3)11-6-7-14(12,4)10-11/h11-12,15-16H,5-10H2,1-4H3. The Hall–Kier alpha value is -0.130. The van der Waals surface area contributed by atoms with Crippen LogP contribution in [0.4, 0.5) is 0 Å². The summed E-state index contributed by atoms with van der Waals surface area (Å²) < 4.78 is 25.9. The maximum atomic E-state index is 11.7. The molecule has 0 spiro atoms. The number of sulfonamides is 1. The van der Waals surface area contributed by atoms with Crippen LogP contribution in [0.15, 0.2) is 0 Å². The molecule has 4 nitrogen and oxygen atoms in total. The highest BCUT2D eigenvalue weighted by Gasteiger charge is 2.58. The molecule has 0 aliphatic heterocycles. The van der Waals surface area contributed by atoms with E-state index in [0.29, 0.717) is 24.5 Å². The van der Waals surface area contributed by atoms with E-state index in [1.807, 2.05) is 6.92 Å². The number of hydrogen-bond donors (Lipinski definition) is 2. The lowest BCUT2D eigenvalue weighted by Crippen LogP contribution is -2.51. The Morgan fingerprint density at radius 3 is 2.47 bits per heavy atom. The molecule has 0 aromatic heterocycles. The Morgan fingerprint density at radius 1 is 1.26 bits per heavy atom. The third-order valence-electron chi connectivity index (χ3n) is 5.35. The van der Waals surface area contributed by atoms with Crippen LogP contribution in [0.25, 0.3) is 0 Å². The van der Waals surface area contributed by atoms with Gasteiger partial charge in [0.15, 0.2) is 0 Å². The smallest absolute Gasteiger partial charge is 0.212 e. The fourth-order valence-electron chi connectivity index (χ4n) is 4.44. The van der Waals surface area contributed by atoms with Crippen LogP contribution in [0.5, 0.6) is 0 Å². The van der Waals surface area contributed by atoms with E-state index in [-0.39, 0.29) is 11.2 Å². The van der Waals surface area contributed by atoms with E-state index in [2.05, 4.69) is 30.8 Å². The first-order valence-electron chi connectivity index (χ1n) is 7.42. The van der Waals surface area contributed by atoms with Gasteiger partial charge in [-0.2, -0.15) is 0 Å². The number of rotatable bonds is 6. The first-order chi connectivity index (χ1) is 8.71. The van der Waals surface area contributed by atoms with Crippen LogP contribution in [0, 0.1) is 16.7 Å². The van der Waals surface area contributed by atoms with E-state index in [1.54, 1.807) is 0 Å². The van der Waals surface area contributed by atoms with Crippen molar-refractivity contribution in [1.82, 2.24) is 10.0 Å². The lowest BCUT2D eigenvalue weighted by molar-refractivity contribution is 0.111. The van der Waals surface area contributed by atoms with Gasteiger partial charge in [-0.15, -0.1) is 0 Å². The number of hydrogen-bond acceptors (Lipinski definition) is 3. The van der Waals surface area contributed by atoms with Crippen LogP contribution in [-0.4, -0.2) is 33.3 Å². The number of fused-ring (bicyclic) bond motifs is 2. The minimum absolute atomic E-state index is 0.175. The maximum absolute atomic E-state index is 11.7. The second-order valence-corrected chi connectivity index (χ2v) is 9.05. The zero-order valence-electron chi connectivity index (χ0n) is 12.6. The van der Waals surface area contributed by atoms with E-state index in [0.717, 1.165) is 5.92 Å². The molecule has 112 valence electrons. The molecule has 0 saturated heterocycles. The molecule has 0 heterocycles. The molecule has 3 unspecified atom stereocenters. The zero-order valence-corrected chi connectivity index (χ0v) is 13.4. The topological polar surface area (TPSA) is 58.2 Å². The van der Waals surface area contributed by atoms with Crippen molar-refractivity contribution in [3.8, 4) is 0 Å². The Morgan fingerprint density at radius 2 is 1.95 bits per heavy atom. The molecule has 2 aliphatic carbocycles. The average molecular weight is 288 g/mol. The molecule has 5 heteroatoms. The summed E-state index contributed by atoms with van der Waals surface area (Å²) in [5.74, 6) is 0.967. The summed E-state index contributed by atoms with van der Waals surface area (Å²) in [5, 5.41) is 3.54. The largest absolute Gasteiger partial charge is 0.312 e. The van der Waals surface area contributed by atoms with Gasteiger partial charge in [0.25, 0.3) is 0 Å². The molecule has 19 heavy (non-hydrogen) atoms. The molecule has 2 saturated carbocycles. The van der Waals surface area contributed by atoms with Crippen LogP contribution < -0.4 is 10.0 Å². The van der Waals surface area contributed by atoms with Gasteiger partial charge < -0.3 is 5.32 Å². The van der Waals surface area contributed by atoms with Gasteiger partial charge >= 0.3 is 0 Å². The Labute approximate surface area is 117 Å². The SMILES string of the molecule is CCNS(=O)(=O)CCNC1C2(C)CCC(C2)C1(C)C. The summed E-state index contributed by atoms with van der Waals surface area (Å²) in [4.78, 5) is 0. The predicted molar refractivity (Wildman–Crippen MR) is 78.5 cm³/mol. The van der Waals surface area contributed by atoms with Crippen molar-refractivity contribution in [2.75, 3.05) is 18.8 Å². The molecule has 0 aromatic carbocycles. The van der Waals surface area contributed by atoms with Gasteiger partial charge in [0.1, 0.15) is 0 Å². The Kier molecular flexibility index (Phi) is 4.02. The van der Waals surface area contributed by atoms with Gasteiger partial charge in [0, 0.05) is 19.1 Å². The van der Waals surface area contributed by atoms with Crippen LogP contribution in [-0.2, 0) is 10.0 Å². The molecule has 3 atom stereocenters. The molecule has 0 aromatic rings. The fourth-order valence-corrected chi connectivity index (χ4v) is 5.41. The maximum Gasteiger partial charge on any atom is 0.212 e. The third kappa shape index (κ3) is 2.83. The highest BCUT2D eigenvalue weighted by Crippen LogP contribution is 2.62. The molecule has 0 radical (unpaired) electrons. The predicted octanol–water partition coefficient (Wildman–Crippen LogP) is 1.73. The van der Waals surface area contributed by atoms with Crippen molar-refractivity contribution in [2.24, 2.45) is 16.7 Å². The first kappa shape index (κ1) is 15.3. The van der Waals surface area contributed by atoms with E-state index in [1.165, 1.54) is 19.3 Å². The lowest BCUT2D eigenvalue weighted by atomic mass is 9.68. The molecule has 2 rings (SSSR count). The summed E-state index contributed by atoms with van der Waals surface area (Å²) in [6, 6.07) is 0.440. The summed E-state index contributed by atoms with van der Waals surface area (Å²) in [6.45, 7) is 9.85. The first-order valence-corrected chi connectivity index (χ1v) is 9.07. The van der Waals surface area contributed by atoms with Gasteiger partial charge in [-0.25, -0.2) is 13.1 Å². The summed E-state index contributed by atoms with van der Waals surface area (Å²) in [6.07, 6.45) is 3.90. The van der Waals surface area contributed by atoms with E-state index in [9.17, 15) is 8.42 Å². The van der Waals surface area contributed by atoms with Gasteiger partial charge in [0.05, 0.1) is 5.75 Å². The van der Waals surface area contributed by atoms with E-state index < -0.39 is 10.0 Å². The lowest BCUT2D eigenvalue weighted by Gasteiger charge is -2.43. The van der Waals surface area contributed by atoms with Crippen molar-refractivity contribution >= 4 is 10.0 Å². The molecule has 2 N–H and O–H groups in total. The average Bonchev–Trinajstić information content (AvgIpc) is 2.74. The summed E-state index contributed by atoms with van der Waals surface area (Å²) in [7, 11) is -3.11. The van der Waals surface area contributed by atoms with Gasteiger partial charge in [-0.1, -0.05) is 27.7 Å². The highest BCUT2D eigenvalue weighted by molar-refractivity contribution is 7.89.